The van der Waals surface area contributed by atoms with E-state index in [1.165, 1.54) is 0 Å². The van der Waals surface area contributed by atoms with Crippen molar-refractivity contribution in [3.63, 3.8) is 0 Å². The Morgan fingerprint density at radius 2 is 1.89 bits per heavy atom. The summed E-state index contributed by atoms with van der Waals surface area (Å²) < 4.78 is 0. The summed E-state index contributed by atoms with van der Waals surface area (Å²) in [6.45, 7) is 5.37. The summed E-state index contributed by atoms with van der Waals surface area (Å²) in [4.78, 5) is 25.6. The highest BCUT2D eigenvalue weighted by Gasteiger charge is 2.26. The molecule has 0 spiro atoms. The number of thiocarbonyl (C=S) groups is 1. The van der Waals surface area contributed by atoms with E-state index in [1.54, 1.807) is 4.90 Å². The number of rotatable bonds is 5. The fourth-order valence-corrected chi connectivity index (χ4v) is 2.49. The highest BCUT2D eigenvalue weighted by Crippen LogP contribution is 2.11. The average molecular weight is 271 g/mol. The lowest BCUT2D eigenvalue weighted by Crippen LogP contribution is -2.45. The van der Waals surface area contributed by atoms with Crippen LogP contribution in [0.1, 0.15) is 26.7 Å². The first kappa shape index (κ1) is 14.9. The van der Waals surface area contributed by atoms with Crippen molar-refractivity contribution in [3.05, 3.63) is 0 Å². The minimum absolute atomic E-state index is 0.0318. The number of nitrogens with one attached hydrogen (secondary N) is 1. The molecule has 0 aliphatic carbocycles. The van der Waals surface area contributed by atoms with Crippen LogP contribution in [-0.2, 0) is 9.59 Å². The minimum Gasteiger partial charge on any atom is -0.393 e. The maximum Gasteiger partial charge on any atom is 0.241 e. The van der Waals surface area contributed by atoms with Crippen LogP contribution >= 0.6 is 12.2 Å². The van der Waals surface area contributed by atoms with E-state index in [9.17, 15) is 9.59 Å². The van der Waals surface area contributed by atoms with E-state index < -0.39 is 5.92 Å². The molecule has 1 rings (SSSR count). The number of nitrogens with zero attached hydrogens (tertiary/aromatic N) is 1. The smallest absolute Gasteiger partial charge is 0.241 e. The molecule has 2 amide bonds. The van der Waals surface area contributed by atoms with Gasteiger partial charge in [0.25, 0.3) is 0 Å². The number of carbonyl (C=O) groups is 2. The van der Waals surface area contributed by atoms with Gasteiger partial charge in [-0.25, -0.2) is 0 Å². The fourth-order valence-electron chi connectivity index (χ4n) is 2.11. The van der Waals surface area contributed by atoms with Crippen LogP contribution in [0.3, 0.4) is 0 Å². The maximum absolute atomic E-state index is 11.9. The van der Waals surface area contributed by atoms with Gasteiger partial charge in [0.05, 0.1) is 17.5 Å². The van der Waals surface area contributed by atoms with Crippen LogP contribution in [0.4, 0.5) is 0 Å². The Morgan fingerprint density at radius 1 is 1.33 bits per heavy atom. The normalized spacial score (nSPS) is 16.7. The Hall–Kier alpha value is -1.17. The van der Waals surface area contributed by atoms with Crippen molar-refractivity contribution in [1.29, 1.82) is 0 Å². The Balaban J connectivity index is 2.44. The Morgan fingerprint density at radius 3 is 2.33 bits per heavy atom. The van der Waals surface area contributed by atoms with Gasteiger partial charge in [0.15, 0.2) is 0 Å². The molecule has 1 aliphatic heterocycles. The van der Waals surface area contributed by atoms with Gasteiger partial charge in [-0.05, 0) is 18.8 Å². The van der Waals surface area contributed by atoms with Crippen molar-refractivity contribution in [2.24, 2.45) is 17.6 Å². The van der Waals surface area contributed by atoms with E-state index in [0.717, 1.165) is 25.9 Å². The maximum atomic E-state index is 11.9. The number of hydrogen-bond acceptors (Lipinski definition) is 3. The lowest BCUT2D eigenvalue weighted by atomic mass is 9.95. The monoisotopic (exact) mass is 271 g/mol. The Kier molecular flexibility index (Phi) is 5.53. The number of amides is 2. The van der Waals surface area contributed by atoms with E-state index >= 15 is 0 Å². The van der Waals surface area contributed by atoms with Gasteiger partial charge in [-0.2, -0.15) is 0 Å². The molecule has 0 aromatic heterocycles. The molecule has 1 atom stereocenters. The third-order valence-electron chi connectivity index (χ3n) is 3.13. The van der Waals surface area contributed by atoms with Gasteiger partial charge < -0.3 is 16.0 Å². The molecule has 0 bridgehead atoms. The van der Waals surface area contributed by atoms with Crippen molar-refractivity contribution in [2.45, 2.75) is 26.7 Å². The van der Waals surface area contributed by atoms with Crippen LogP contribution in [0.5, 0.6) is 0 Å². The molecule has 1 heterocycles. The molecule has 102 valence electrons. The standard InChI is InChI=1S/C12H21N3O2S/c1-8(2)10(11(13)18)12(17)14-7-9(16)15-5-3-4-6-15/h8,10H,3-7H2,1-2H3,(H2,13,18)(H,14,17). The molecule has 0 aromatic rings. The van der Waals surface area contributed by atoms with Crippen molar-refractivity contribution in [3.8, 4) is 0 Å². The lowest BCUT2D eigenvalue weighted by Gasteiger charge is -2.20. The largest absolute Gasteiger partial charge is 0.393 e. The van der Waals surface area contributed by atoms with Crippen LogP contribution < -0.4 is 11.1 Å². The quantitative estimate of drug-likeness (QED) is 0.704. The summed E-state index contributed by atoms with van der Waals surface area (Å²) >= 11 is 4.88. The summed E-state index contributed by atoms with van der Waals surface area (Å²) in [6, 6.07) is 0. The zero-order chi connectivity index (χ0) is 13.7. The molecule has 18 heavy (non-hydrogen) atoms. The van der Waals surface area contributed by atoms with Gasteiger partial charge in [0.1, 0.15) is 0 Å². The minimum atomic E-state index is -0.508. The average Bonchev–Trinajstić information content (AvgIpc) is 2.78. The summed E-state index contributed by atoms with van der Waals surface area (Å²) in [6.07, 6.45) is 2.09. The molecular formula is C12H21N3O2S. The number of carbonyl (C=O) groups excluding carboxylic acids is 2. The topological polar surface area (TPSA) is 75.4 Å². The summed E-state index contributed by atoms with van der Waals surface area (Å²) in [5, 5.41) is 2.62. The van der Waals surface area contributed by atoms with Crippen molar-refractivity contribution in [1.82, 2.24) is 10.2 Å². The molecule has 5 nitrogen and oxygen atoms in total. The highest BCUT2D eigenvalue weighted by atomic mass is 32.1. The third kappa shape index (κ3) is 3.94. The van der Waals surface area contributed by atoms with Crippen LogP contribution in [0.2, 0.25) is 0 Å². The number of nitrogens with two attached hydrogens (primary N) is 1. The highest BCUT2D eigenvalue weighted by molar-refractivity contribution is 7.80. The van der Waals surface area contributed by atoms with E-state index in [2.05, 4.69) is 5.32 Å². The van der Waals surface area contributed by atoms with E-state index in [0.29, 0.717) is 0 Å². The molecule has 0 aromatic carbocycles. The molecule has 0 radical (unpaired) electrons. The van der Waals surface area contributed by atoms with E-state index in [-0.39, 0.29) is 29.3 Å². The molecule has 3 N–H and O–H groups in total. The third-order valence-corrected chi connectivity index (χ3v) is 3.38. The van der Waals surface area contributed by atoms with E-state index in [4.69, 9.17) is 18.0 Å². The predicted octanol–water partition coefficient (Wildman–Crippen LogP) is 0.283. The molecular weight excluding hydrogens is 250 g/mol. The second kappa shape index (κ2) is 6.68. The molecule has 1 unspecified atom stereocenters. The van der Waals surface area contributed by atoms with Gasteiger partial charge >= 0.3 is 0 Å². The van der Waals surface area contributed by atoms with Gasteiger partial charge in [-0.1, -0.05) is 26.1 Å². The molecule has 1 aliphatic rings. The van der Waals surface area contributed by atoms with Crippen molar-refractivity contribution in [2.75, 3.05) is 19.6 Å². The van der Waals surface area contributed by atoms with Gasteiger partial charge in [0, 0.05) is 13.1 Å². The number of likely N-dealkylation sites (tertiary alicyclic amines) is 1. The summed E-state index contributed by atoms with van der Waals surface area (Å²) in [5.74, 6) is -0.771. The molecule has 1 saturated heterocycles. The van der Waals surface area contributed by atoms with Crippen LogP contribution in [-0.4, -0.2) is 41.3 Å². The predicted molar refractivity (Wildman–Crippen MR) is 73.9 cm³/mol. The lowest BCUT2D eigenvalue weighted by molar-refractivity contribution is -0.132. The fraction of sp³-hybridized carbons (Fsp3) is 0.750. The first-order valence-electron chi connectivity index (χ1n) is 6.28. The zero-order valence-corrected chi connectivity index (χ0v) is 11.8. The van der Waals surface area contributed by atoms with Crippen molar-refractivity contribution < 1.29 is 9.59 Å². The number of hydrogen-bond donors (Lipinski definition) is 2. The molecule has 0 saturated carbocycles. The molecule has 1 fully saturated rings. The van der Waals surface area contributed by atoms with Gasteiger partial charge in [0.2, 0.25) is 11.8 Å². The summed E-state index contributed by atoms with van der Waals surface area (Å²) in [5.41, 5.74) is 5.54. The first-order valence-corrected chi connectivity index (χ1v) is 6.69. The van der Waals surface area contributed by atoms with Gasteiger partial charge in [-0.15, -0.1) is 0 Å². The molecule has 6 heteroatoms. The van der Waals surface area contributed by atoms with Gasteiger partial charge in [-0.3, -0.25) is 9.59 Å². The van der Waals surface area contributed by atoms with Crippen LogP contribution in [0.15, 0.2) is 0 Å². The van der Waals surface area contributed by atoms with E-state index in [1.807, 2.05) is 13.8 Å². The first-order chi connectivity index (χ1) is 8.43. The summed E-state index contributed by atoms with van der Waals surface area (Å²) in [7, 11) is 0. The second-order valence-corrected chi connectivity index (χ2v) is 5.40. The van der Waals surface area contributed by atoms with Crippen LogP contribution in [0.25, 0.3) is 0 Å². The zero-order valence-electron chi connectivity index (χ0n) is 10.9. The Labute approximate surface area is 113 Å². The van der Waals surface area contributed by atoms with Crippen molar-refractivity contribution >= 4 is 29.0 Å². The van der Waals surface area contributed by atoms with Crippen LogP contribution in [0, 0.1) is 11.8 Å². The second-order valence-electron chi connectivity index (χ2n) is 4.93. The Bertz CT molecular complexity index is 338. The SMILES string of the molecule is CC(C)C(C(=O)NCC(=O)N1CCCC1)C(N)=S.